The minimum absolute atomic E-state index is 0.0131. The number of hydrogen-bond donors (Lipinski definition) is 3. The van der Waals surface area contributed by atoms with Crippen LogP contribution < -0.4 is 15.1 Å². The van der Waals surface area contributed by atoms with E-state index in [2.05, 4.69) is 20.2 Å². The molecule has 1 aromatic heterocycles. The van der Waals surface area contributed by atoms with E-state index in [4.69, 9.17) is 11.6 Å². The summed E-state index contributed by atoms with van der Waals surface area (Å²) in [5, 5.41) is 24.7. The lowest BCUT2D eigenvalue weighted by molar-refractivity contribution is -0.144. The van der Waals surface area contributed by atoms with Gasteiger partial charge in [-0.15, -0.1) is 0 Å². The van der Waals surface area contributed by atoms with Crippen LogP contribution >= 0.6 is 11.6 Å². The van der Waals surface area contributed by atoms with Crippen molar-refractivity contribution in [3.8, 4) is 0 Å². The summed E-state index contributed by atoms with van der Waals surface area (Å²) >= 11 is 5.98. The summed E-state index contributed by atoms with van der Waals surface area (Å²) in [6.07, 6.45) is -5.06. The number of aromatic nitrogens is 2. The average molecular weight is 579 g/mol. The summed E-state index contributed by atoms with van der Waals surface area (Å²) in [6, 6.07) is 11.8. The van der Waals surface area contributed by atoms with Crippen LogP contribution in [0, 0.1) is 0 Å². The molecule has 0 spiro atoms. The van der Waals surface area contributed by atoms with Gasteiger partial charge in [-0.1, -0.05) is 23.7 Å². The molecule has 13 heteroatoms. The molecule has 2 saturated heterocycles. The molecule has 2 atom stereocenters. The van der Waals surface area contributed by atoms with Crippen molar-refractivity contribution in [1.82, 2.24) is 20.2 Å². The molecule has 2 aliphatic rings. The second kappa shape index (κ2) is 11.4. The van der Waals surface area contributed by atoms with Crippen LogP contribution in [0.5, 0.6) is 0 Å². The Bertz CT molecular complexity index is 1370. The molecule has 40 heavy (non-hydrogen) atoms. The smallest absolute Gasteiger partial charge is 0.451 e. The Balaban J connectivity index is 1.30. The van der Waals surface area contributed by atoms with Crippen LogP contribution in [0.4, 0.5) is 29.5 Å². The topological polar surface area (TPSA) is 105 Å². The molecular formula is C27H30ClF3N6O3. The molecule has 1 amide bonds. The first kappa shape index (κ1) is 28.3. The van der Waals surface area contributed by atoms with Crippen molar-refractivity contribution in [3.63, 3.8) is 0 Å². The maximum Gasteiger partial charge on any atom is 0.451 e. The van der Waals surface area contributed by atoms with Crippen LogP contribution in [0.25, 0.3) is 10.9 Å². The number of fused-ring (bicyclic) bond motifs is 1. The number of aliphatic hydroxyl groups excluding tert-OH is 1. The third-order valence-electron chi connectivity index (χ3n) is 7.53. The Hall–Kier alpha value is -3.19. The first-order valence-corrected chi connectivity index (χ1v) is 13.4. The van der Waals surface area contributed by atoms with E-state index in [0.717, 1.165) is 37.4 Å². The van der Waals surface area contributed by atoms with Gasteiger partial charge in [0.15, 0.2) is 0 Å². The van der Waals surface area contributed by atoms with Crippen LogP contribution in [0.15, 0.2) is 42.5 Å². The van der Waals surface area contributed by atoms with E-state index in [9.17, 15) is 28.2 Å². The third kappa shape index (κ3) is 6.25. The van der Waals surface area contributed by atoms with Gasteiger partial charge in [0, 0.05) is 48.8 Å². The van der Waals surface area contributed by atoms with Gasteiger partial charge in [-0.05, 0) is 61.8 Å². The van der Waals surface area contributed by atoms with Gasteiger partial charge in [0.25, 0.3) is 0 Å². The number of rotatable bonds is 6. The highest BCUT2D eigenvalue weighted by atomic mass is 35.5. The molecule has 2 fully saturated rings. The zero-order chi connectivity index (χ0) is 28.6. The standard InChI is InChI=1S/C27H30ClF3N6O3/c1-35(26(39)40)19-6-7-21-20(12-19)24(34-25(33-21)27(29,30)31)37-14-22(23(38)15-37)32-18-8-10-36(11-9-18)13-16-2-4-17(28)5-3-16/h2-7,12,18,22-23,32,38H,8-11,13-15H2,1H3,(H,39,40)/t22-,23-/m0/s1. The fraction of sp³-hybridized carbons (Fsp3) is 0.444. The highest BCUT2D eigenvalue weighted by Gasteiger charge is 2.39. The van der Waals surface area contributed by atoms with Gasteiger partial charge in [-0.2, -0.15) is 13.2 Å². The summed E-state index contributed by atoms with van der Waals surface area (Å²) < 4.78 is 40.9. The molecule has 214 valence electrons. The lowest BCUT2D eigenvalue weighted by Crippen LogP contribution is -2.49. The molecule has 2 aliphatic heterocycles. The van der Waals surface area contributed by atoms with Crippen molar-refractivity contribution < 1.29 is 28.2 Å². The maximum atomic E-state index is 13.6. The number of nitrogens with one attached hydrogen (secondary N) is 1. The number of nitrogens with zero attached hydrogens (tertiary/aromatic N) is 5. The van der Waals surface area contributed by atoms with Crippen molar-refractivity contribution in [2.45, 2.75) is 43.8 Å². The Morgan fingerprint density at radius 1 is 1.12 bits per heavy atom. The fourth-order valence-corrected chi connectivity index (χ4v) is 5.45. The summed E-state index contributed by atoms with van der Waals surface area (Å²) in [5.41, 5.74) is 1.49. The summed E-state index contributed by atoms with van der Waals surface area (Å²) in [7, 11) is 1.34. The number of carbonyl (C=O) groups is 1. The number of hydrogen-bond acceptors (Lipinski definition) is 7. The number of carboxylic acid groups (broad SMARTS) is 1. The summed E-state index contributed by atoms with van der Waals surface area (Å²) in [4.78, 5) is 23.9. The molecule has 0 unspecified atom stereocenters. The summed E-state index contributed by atoms with van der Waals surface area (Å²) in [5.74, 6) is -1.27. The van der Waals surface area contributed by atoms with E-state index in [-0.39, 0.29) is 47.6 Å². The number of halogens is 4. The minimum atomic E-state index is -4.77. The van der Waals surface area contributed by atoms with Crippen molar-refractivity contribution in [3.05, 3.63) is 58.9 Å². The zero-order valence-corrected chi connectivity index (χ0v) is 22.5. The minimum Gasteiger partial charge on any atom is -0.465 e. The number of anilines is 2. The number of likely N-dealkylation sites (tertiary alicyclic amines) is 1. The van der Waals surface area contributed by atoms with Crippen molar-refractivity contribution >= 4 is 40.1 Å². The Labute approximate surface area is 234 Å². The average Bonchev–Trinajstić information content (AvgIpc) is 3.28. The van der Waals surface area contributed by atoms with Crippen molar-refractivity contribution in [2.75, 3.05) is 43.0 Å². The third-order valence-corrected chi connectivity index (χ3v) is 7.78. The van der Waals surface area contributed by atoms with Gasteiger partial charge in [0.1, 0.15) is 5.82 Å². The highest BCUT2D eigenvalue weighted by Crippen LogP contribution is 2.35. The van der Waals surface area contributed by atoms with Crippen LogP contribution in [-0.4, -0.2) is 82.6 Å². The lowest BCUT2D eigenvalue weighted by atomic mass is 10.0. The molecule has 0 saturated carbocycles. The first-order chi connectivity index (χ1) is 19.0. The molecule has 9 nitrogen and oxygen atoms in total. The second-order valence-electron chi connectivity index (χ2n) is 10.3. The predicted molar refractivity (Wildman–Crippen MR) is 146 cm³/mol. The normalized spacial score (nSPS) is 20.8. The molecule has 3 aromatic rings. The van der Waals surface area contributed by atoms with E-state index < -0.39 is 24.2 Å². The number of aliphatic hydroxyl groups is 1. The number of β-amino-alcohol motifs (C(OH)–C–C–N with tert-alkyl or cyclic N) is 1. The number of amides is 1. The van der Waals surface area contributed by atoms with E-state index in [0.29, 0.717) is 5.02 Å². The van der Waals surface area contributed by atoms with E-state index in [1.54, 1.807) is 4.90 Å². The Morgan fingerprint density at radius 3 is 2.48 bits per heavy atom. The zero-order valence-electron chi connectivity index (χ0n) is 21.8. The lowest BCUT2D eigenvalue weighted by Gasteiger charge is -2.34. The van der Waals surface area contributed by atoms with Crippen LogP contribution in [0.2, 0.25) is 5.02 Å². The molecule has 5 rings (SSSR count). The number of alkyl halides is 3. The molecule has 3 heterocycles. The van der Waals surface area contributed by atoms with E-state index in [1.807, 2.05) is 24.3 Å². The van der Waals surface area contributed by atoms with Crippen LogP contribution in [-0.2, 0) is 12.7 Å². The monoisotopic (exact) mass is 578 g/mol. The summed E-state index contributed by atoms with van der Waals surface area (Å²) in [6.45, 7) is 2.89. The van der Waals surface area contributed by atoms with Gasteiger partial charge in [0.05, 0.1) is 17.7 Å². The molecule has 0 bridgehead atoms. The largest absolute Gasteiger partial charge is 0.465 e. The van der Waals surface area contributed by atoms with Gasteiger partial charge < -0.3 is 20.4 Å². The highest BCUT2D eigenvalue weighted by molar-refractivity contribution is 6.30. The van der Waals surface area contributed by atoms with Gasteiger partial charge >= 0.3 is 12.3 Å². The first-order valence-electron chi connectivity index (χ1n) is 13.0. The molecule has 3 N–H and O–H groups in total. The Kier molecular flexibility index (Phi) is 8.05. The van der Waals surface area contributed by atoms with Crippen molar-refractivity contribution in [1.29, 1.82) is 0 Å². The molecule has 0 aliphatic carbocycles. The van der Waals surface area contributed by atoms with E-state index >= 15 is 0 Å². The molecular weight excluding hydrogens is 549 g/mol. The van der Waals surface area contributed by atoms with Crippen LogP contribution in [0.1, 0.15) is 24.2 Å². The molecule has 2 aromatic carbocycles. The number of piperidine rings is 1. The van der Waals surface area contributed by atoms with Gasteiger partial charge in [-0.3, -0.25) is 9.80 Å². The quantitative estimate of drug-likeness (QED) is 0.399. The molecule has 0 radical (unpaired) electrons. The van der Waals surface area contributed by atoms with Gasteiger partial charge in [0.2, 0.25) is 5.82 Å². The predicted octanol–water partition coefficient (Wildman–Crippen LogP) is 4.22. The Morgan fingerprint density at radius 2 is 1.82 bits per heavy atom. The van der Waals surface area contributed by atoms with Crippen molar-refractivity contribution in [2.24, 2.45) is 0 Å². The van der Waals surface area contributed by atoms with Gasteiger partial charge in [-0.25, -0.2) is 14.8 Å². The second-order valence-corrected chi connectivity index (χ2v) is 10.8. The number of benzene rings is 2. The van der Waals surface area contributed by atoms with Crippen LogP contribution in [0.3, 0.4) is 0 Å². The van der Waals surface area contributed by atoms with E-state index in [1.165, 1.54) is 30.8 Å². The maximum absolute atomic E-state index is 13.6. The SMILES string of the molecule is CN(C(=O)O)c1ccc2nc(C(F)(F)F)nc(N3C[C@H](NC4CCN(Cc5ccc(Cl)cc5)CC4)[C@@H](O)C3)c2c1. The fourth-order valence-electron chi connectivity index (χ4n) is 5.32.